The Morgan fingerprint density at radius 3 is 2.05 bits per heavy atom. The molecular formula is C19H25NO. The van der Waals surface area contributed by atoms with Crippen molar-refractivity contribution < 1.29 is 4.74 Å². The van der Waals surface area contributed by atoms with Crippen molar-refractivity contribution in [2.24, 2.45) is 0 Å². The van der Waals surface area contributed by atoms with Crippen molar-refractivity contribution in [3.8, 4) is 5.75 Å². The van der Waals surface area contributed by atoms with Crippen molar-refractivity contribution in [1.29, 1.82) is 0 Å². The lowest BCUT2D eigenvalue weighted by atomic mass is 10.1. The van der Waals surface area contributed by atoms with Crippen LogP contribution in [0.5, 0.6) is 5.75 Å². The van der Waals surface area contributed by atoms with E-state index in [1.165, 1.54) is 24.0 Å². The van der Waals surface area contributed by atoms with Crippen LogP contribution < -0.4 is 4.74 Å². The molecule has 0 aliphatic rings. The summed E-state index contributed by atoms with van der Waals surface area (Å²) in [6.07, 6.45) is 2.47. The fourth-order valence-corrected chi connectivity index (χ4v) is 2.43. The molecule has 2 rings (SSSR count). The number of unbranched alkanes of at least 4 members (excludes halogenated alkanes) is 1. The average Bonchev–Trinajstić information content (AvgIpc) is 2.54. The maximum Gasteiger partial charge on any atom is 0.118 e. The second-order valence-electron chi connectivity index (χ2n) is 5.40. The third kappa shape index (κ3) is 5.24. The molecule has 112 valence electrons. The van der Waals surface area contributed by atoms with Gasteiger partial charge in [-0.2, -0.15) is 0 Å². The highest BCUT2D eigenvalue weighted by Gasteiger charge is 2.07. The Bertz CT molecular complexity index is 507. The van der Waals surface area contributed by atoms with Crippen LogP contribution in [0.3, 0.4) is 0 Å². The van der Waals surface area contributed by atoms with Crippen LogP contribution in [-0.2, 0) is 13.1 Å². The van der Waals surface area contributed by atoms with Gasteiger partial charge in [0.25, 0.3) is 0 Å². The molecule has 2 heteroatoms. The molecule has 0 amide bonds. The Morgan fingerprint density at radius 1 is 0.857 bits per heavy atom. The molecule has 2 nitrogen and oxygen atoms in total. The quantitative estimate of drug-likeness (QED) is 0.707. The highest BCUT2D eigenvalue weighted by atomic mass is 16.5. The van der Waals surface area contributed by atoms with Gasteiger partial charge in [0.2, 0.25) is 0 Å². The fourth-order valence-electron chi connectivity index (χ4n) is 2.43. The van der Waals surface area contributed by atoms with Gasteiger partial charge in [-0.15, -0.1) is 0 Å². The lowest BCUT2D eigenvalue weighted by molar-refractivity contribution is 0.252. The number of hydrogen-bond donors (Lipinski definition) is 0. The average molecular weight is 283 g/mol. The van der Waals surface area contributed by atoms with E-state index in [0.29, 0.717) is 0 Å². The first-order valence-electron chi connectivity index (χ1n) is 7.71. The van der Waals surface area contributed by atoms with Crippen molar-refractivity contribution in [3.63, 3.8) is 0 Å². The Morgan fingerprint density at radius 2 is 1.48 bits per heavy atom. The van der Waals surface area contributed by atoms with E-state index in [-0.39, 0.29) is 0 Å². The van der Waals surface area contributed by atoms with E-state index in [9.17, 15) is 0 Å². The van der Waals surface area contributed by atoms with Crippen LogP contribution in [-0.4, -0.2) is 18.6 Å². The standard InChI is InChI=1S/C19H25NO/c1-3-4-14-20(15-17-8-6-5-7-9-17)16-18-10-12-19(21-2)13-11-18/h5-13H,3-4,14-16H2,1-2H3. The molecule has 2 aromatic rings. The Balaban J connectivity index is 2.00. The van der Waals surface area contributed by atoms with Crippen LogP contribution in [0.25, 0.3) is 0 Å². The molecule has 0 atom stereocenters. The lowest BCUT2D eigenvalue weighted by Crippen LogP contribution is -2.23. The van der Waals surface area contributed by atoms with Crippen molar-refractivity contribution in [2.45, 2.75) is 32.9 Å². The molecule has 0 N–H and O–H groups in total. The van der Waals surface area contributed by atoms with Gasteiger partial charge in [0.15, 0.2) is 0 Å². The number of ether oxygens (including phenoxy) is 1. The van der Waals surface area contributed by atoms with E-state index < -0.39 is 0 Å². The highest BCUT2D eigenvalue weighted by molar-refractivity contribution is 5.27. The molecule has 0 spiro atoms. The molecule has 0 aliphatic heterocycles. The van der Waals surface area contributed by atoms with Gasteiger partial charge in [-0.25, -0.2) is 0 Å². The van der Waals surface area contributed by atoms with Gasteiger partial charge in [0.05, 0.1) is 7.11 Å². The summed E-state index contributed by atoms with van der Waals surface area (Å²) in [5, 5.41) is 0. The molecule has 21 heavy (non-hydrogen) atoms. The lowest BCUT2D eigenvalue weighted by Gasteiger charge is -2.22. The van der Waals surface area contributed by atoms with E-state index >= 15 is 0 Å². The summed E-state index contributed by atoms with van der Waals surface area (Å²) in [6.45, 7) is 5.37. The third-order valence-corrected chi connectivity index (χ3v) is 3.64. The van der Waals surface area contributed by atoms with Crippen LogP contribution in [0, 0.1) is 0 Å². The summed E-state index contributed by atoms with van der Waals surface area (Å²) in [7, 11) is 1.71. The monoisotopic (exact) mass is 283 g/mol. The van der Waals surface area contributed by atoms with Crippen LogP contribution in [0.2, 0.25) is 0 Å². The number of rotatable bonds is 8. The summed E-state index contributed by atoms with van der Waals surface area (Å²) in [5.41, 5.74) is 2.71. The molecule has 0 bridgehead atoms. The zero-order chi connectivity index (χ0) is 14.9. The van der Waals surface area contributed by atoms with E-state index in [1.54, 1.807) is 7.11 Å². The van der Waals surface area contributed by atoms with Crippen LogP contribution >= 0.6 is 0 Å². The van der Waals surface area contributed by atoms with Gasteiger partial charge in [-0.1, -0.05) is 55.8 Å². The molecular weight excluding hydrogens is 258 g/mol. The molecule has 0 saturated heterocycles. The molecule has 0 unspecified atom stereocenters. The SMILES string of the molecule is CCCCN(Cc1ccccc1)Cc1ccc(OC)cc1. The van der Waals surface area contributed by atoms with Gasteiger partial charge < -0.3 is 4.74 Å². The summed E-state index contributed by atoms with van der Waals surface area (Å²) >= 11 is 0. The molecule has 0 aliphatic carbocycles. The Kier molecular flexibility index (Phi) is 6.29. The van der Waals surface area contributed by atoms with E-state index in [4.69, 9.17) is 4.74 Å². The Hall–Kier alpha value is -1.80. The maximum absolute atomic E-state index is 5.22. The molecule has 0 radical (unpaired) electrons. The minimum absolute atomic E-state index is 0.918. The number of methoxy groups -OCH3 is 1. The maximum atomic E-state index is 5.22. The van der Waals surface area contributed by atoms with Crippen molar-refractivity contribution >= 4 is 0 Å². The predicted octanol–water partition coefficient (Wildman–Crippen LogP) is 4.50. The Labute approximate surface area is 128 Å². The first kappa shape index (κ1) is 15.6. The van der Waals surface area contributed by atoms with Gasteiger partial charge in [0, 0.05) is 13.1 Å². The predicted molar refractivity (Wildman–Crippen MR) is 88.5 cm³/mol. The normalized spacial score (nSPS) is 10.8. The summed E-state index contributed by atoms with van der Waals surface area (Å²) in [5.74, 6) is 0.918. The number of nitrogens with zero attached hydrogens (tertiary/aromatic N) is 1. The van der Waals surface area contributed by atoms with Crippen LogP contribution in [0.4, 0.5) is 0 Å². The molecule has 0 fully saturated rings. The third-order valence-electron chi connectivity index (χ3n) is 3.64. The largest absolute Gasteiger partial charge is 0.497 e. The van der Waals surface area contributed by atoms with Gasteiger partial charge in [0.1, 0.15) is 5.75 Å². The smallest absolute Gasteiger partial charge is 0.118 e. The zero-order valence-electron chi connectivity index (χ0n) is 13.1. The topological polar surface area (TPSA) is 12.5 Å². The fraction of sp³-hybridized carbons (Fsp3) is 0.368. The van der Waals surface area contributed by atoms with Crippen molar-refractivity contribution in [1.82, 2.24) is 4.90 Å². The second-order valence-corrected chi connectivity index (χ2v) is 5.40. The van der Waals surface area contributed by atoms with Gasteiger partial charge >= 0.3 is 0 Å². The van der Waals surface area contributed by atoms with Crippen LogP contribution in [0.15, 0.2) is 54.6 Å². The first-order valence-corrected chi connectivity index (χ1v) is 7.71. The molecule has 2 aromatic carbocycles. The number of hydrogen-bond acceptors (Lipinski definition) is 2. The zero-order valence-corrected chi connectivity index (χ0v) is 13.1. The van der Waals surface area contributed by atoms with Crippen molar-refractivity contribution in [3.05, 3.63) is 65.7 Å². The molecule has 0 aromatic heterocycles. The number of benzene rings is 2. The summed E-state index contributed by atoms with van der Waals surface area (Å²) in [4.78, 5) is 2.51. The van der Waals surface area contributed by atoms with E-state index in [1.807, 2.05) is 12.1 Å². The summed E-state index contributed by atoms with van der Waals surface area (Å²) in [6, 6.07) is 19.1. The first-order chi connectivity index (χ1) is 10.3. The molecule has 0 saturated carbocycles. The van der Waals surface area contributed by atoms with Crippen molar-refractivity contribution in [2.75, 3.05) is 13.7 Å². The molecule has 0 heterocycles. The van der Waals surface area contributed by atoms with Gasteiger partial charge in [-0.3, -0.25) is 4.90 Å². The minimum Gasteiger partial charge on any atom is -0.497 e. The second kappa shape index (κ2) is 8.48. The van der Waals surface area contributed by atoms with Gasteiger partial charge in [-0.05, 0) is 36.2 Å². The van der Waals surface area contributed by atoms with Crippen LogP contribution in [0.1, 0.15) is 30.9 Å². The highest BCUT2D eigenvalue weighted by Crippen LogP contribution is 2.15. The minimum atomic E-state index is 0.918. The van der Waals surface area contributed by atoms with E-state index in [2.05, 4.69) is 54.3 Å². The summed E-state index contributed by atoms with van der Waals surface area (Å²) < 4.78 is 5.22. The van der Waals surface area contributed by atoms with E-state index in [0.717, 1.165) is 25.4 Å².